The van der Waals surface area contributed by atoms with Crippen LogP contribution in [-0.2, 0) is 6.42 Å². The molecule has 0 radical (unpaired) electrons. The Balaban J connectivity index is 2.64. The van der Waals surface area contributed by atoms with Gasteiger partial charge in [-0.2, -0.15) is 13.2 Å². The Labute approximate surface area is 101 Å². The lowest BCUT2D eigenvalue weighted by atomic mass is 10.0. The molecule has 1 aliphatic rings. The number of nitrogens with zero attached hydrogens (tertiary/aromatic N) is 3. The van der Waals surface area contributed by atoms with E-state index in [0.717, 1.165) is 0 Å². The Kier molecular flexibility index (Phi) is 2.93. The van der Waals surface area contributed by atoms with Crippen molar-refractivity contribution in [3.63, 3.8) is 0 Å². The lowest BCUT2D eigenvalue weighted by molar-refractivity contribution is -0.0704. The number of hydrogen-bond donors (Lipinski definition) is 0. The second-order valence-electron chi connectivity index (χ2n) is 3.99. The Hall–Kier alpha value is -1.04. The van der Waals surface area contributed by atoms with Gasteiger partial charge >= 0.3 is 6.18 Å². The predicted octanol–water partition coefficient (Wildman–Crippen LogP) is 3.32. The quantitative estimate of drug-likeness (QED) is 0.780. The van der Waals surface area contributed by atoms with Crippen LogP contribution >= 0.6 is 11.6 Å². The molecule has 1 atom stereocenters. The predicted molar refractivity (Wildman–Crippen MR) is 57.6 cm³/mol. The average molecular weight is 266 g/mol. The summed E-state index contributed by atoms with van der Waals surface area (Å²) in [6.45, 7) is 3.64. The smallest absolute Gasteiger partial charge is 0.308 e. The lowest BCUT2D eigenvalue weighted by Crippen LogP contribution is -2.24. The van der Waals surface area contributed by atoms with Crippen LogP contribution in [0.2, 0.25) is 0 Å². The Morgan fingerprint density at radius 3 is 2.59 bits per heavy atom. The van der Waals surface area contributed by atoms with E-state index >= 15 is 0 Å². The van der Waals surface area contributed by atoms with Crippen molar-refractivity contribution < 1.29 is 13.2 Å². The highest BCUT2D eigenvalue weighted by Crippen LogP contribution is 2.43. The van der Waals surface area contributed by atoms with Crippen LogP contribution in [0.3, 0.4) is 0 Å². The van der Waals surface area contributed by atoms with E-state index in [1.54, 1.807) is 0 Å². The molecular formula is C10H11ClF3N3. The lowest BCUT2D eigenvalue weighted by Gasteiger charge is -2.25. The number of alkyl halides is 3. The monoisotopic (exact) mass is 265 g/mol. The molecule has 0 N–H and O–H groups in total. The van der Waals surface area contributed by atoms with Crippen molar-refractivity contribution in [1.82, 2.24) is 14.8 Å². The van der Waals surface area contributed by atoms with Crippen LogP contribution in [0, 0.1) is 0 Å². The summed E-state index contributed by atoms with van der Waals surface area (Å²) in [6.07, 6.45) is -3.79. The average Bonchev–Trinajstić information content (AvgIpc) is 2.58. The van der Waals surface area contributed by atoms with Gasteiger partial charge in [-0.25, -0.2) is 0 Å². The number of hydrogen-bond acceptors (Lipinski definition) is 2. The summed E-state index contributed by atoms with van der Waals surface area (Å²) in [4.78, 5) is 0. The molecule has 0 aromatic carbocycles. The molecule has 0 amide bonds. The molecule has 1 aromatic rings. The Morgan fingerprint density at radius 1 is 1.41 bits per heavy atom. The fourth-order valence-electron chi connectivity index (χ4n) is 2.05. The van der Waals surface area contributed by atoms with E-state index in [9.17, 15) is 13.2 Å². The molecule has 0 fully saturated rings. The molecule has 3 nitrogen and oxygen atoms in total. The maximum atomic E-state index is 12.9. The van der Waals surface area contributed by atoms with Crippen LogP contribution in [0.5, 0.6) is 0 Å². The molecule has 1 aliphatic heterocycles. The highest BCUT2D eigenvalue weighted by atomic mass is 35.5. The third kappa shape index (κ3) is 1.94. The van der Waals surface area contributed by atoms with E-state index in [2.05, 4.69) is 10.2 Å². The van der Waals surface area contributed by atoms with Gasteiger partial charge in [-0.15, -0.1) is 10.2 Å². The summed E-state index contributed by atoms with van der Waals surface area (Å²) in [6, 6.07) is -0.145. The summed E-state index contributed by atoms with van der Waals surface area (Å²) < 4.78 is 40.2. The molecule has 1 unspecified atom stereocenters. The fraction of sp³-hybridized carbons (Fsp3) is 0.600. The number of fused-ring (bicyclic) bond motifs is 1. The first-order valence-corrected chi connectivity index (χ1v) is 5.64. The largest absolute Gasteiger partial charge is 0.421 e. The summed E-state index contributed by atoms with van der Waals surface area (Å²) >= 11 is 5.72. The van der Waals surface area contributed by atoms with Crippen LogP contribution in [0.25, 0.3) is 5.57 Å². The van der Waals surface area contributed by atoms with Crippen LogP contribution < -0.4 is 0 Å². The second kappa shape index (κ2) is 4.01. The van der Waals surface area contributed by atoms with Gasteiger partial charge in [0.2, 0.25) is 0 Å². The van der Waals surface area contributed by atoms with Crippen molar-refractivity contribution in [3.8, 4) is 0 Å². The van der Waals surface area contributed by atoms with Gasteiger partial charge in [-0.1, -0.05) is 18.5 Å². The molecule has 7 heteroatoms. The maximum Gasteiger partial charge on any atom is 0.421 e. The molecule has 1 aromatic heterocycles. The molecule has 0 saturated carbocycles. The fourth-order valence-corrected chi connectivity index (χ4v) is 2.47. The maximum absolute atomic E-state index is 12.9. The zero-order valence-corrected chi connectivity index (χ0v) is 10.1. The minimum absolute atomic E-state index is 0.145. The van der Waals surface area contributed by atoms with Gasteiger partial charge in [0.05, 0.1) is 0 Å². The molecule has 0 bridgehead atoms. The molecule has 2 rings (SSSR count). The molecule has 2 heterocycles. The molecule has 17 heavy (non-hydrogen) atoms. The highest BCUT2D eigenvalue weighted by molar-refractivity contribution is 6.33. The normalized spacial score (nSPS) is 20.7. The zero-order valence-electron chi connectivity index (χ0n) is 9.35. The molecule has 94 valence electrons. The van der Waals surface area contributed by atoms with Crippen LogP contribution in [-0.4, -0.2) is 20.9 Å². The van der Waals surface area contributed by atoms with Gasteiger partial charge in [-0.3, -0.25) is 0 Å². The minimum Gasteiger partial charge on any atom is -0.308 e. The van der Waals surface area contributed by atoms with Gasteiger partial charge in [0, 0.05) is 23.9 Å². The van der Waals surface area contributed by atoms with Gasteiger partial charge in [0.15, 0.2) is 5.82 Å². The summed E-state index contributed by atoms with van der Waals surface area (Å²) in [5.41, 5.74) is -0.857. The standard InChI is InChI=1S/C10H11ClF3N3/c1-3-7-15-16-9-8(10(12,13)14)6(11)4-5(2)17(7)9/h5H,3-4H2,1-2H3. The van der Waals surface area contributed by atoms with Gasteiger partial charge in [0.25, 0.3) is 0 Å². The molecule has 0 aliphatic carbocycles. The Bertz CT molecular complexity index is 476. The first kappa shape index (κ1) is 12.4. The number of halogens is 4. The van der Waals surface area contributed by atoms with Gasteiger partial charge in [-0.05, 0) is 6.92 Å². The van der Waals surface area contributed by atoms with Crippen molar-refractivity contribution in [1.29, 1.82) is 0 Å². The highest BCUT2D eigenvalue weighted by Gasteiger charge is 2.43. The van der Waals surface area contributed by atoms with Crippen molar-refractivity contribution in [2.45, 2.75) is 38.9 Å². The minimum atomic E-state index is -4.49. The van der Waals surface area contributed by atoms with Gasteiger partial charge in [0.1, 0.15) is 11.4 Å². The van der Waals surface area contributed by atoms with Crippen LogP contribution in [0.1, 0.15) is 38.0 Å². The number of aromatic nitrogens is 3. The van der Waals surface area contributed by atoms with E-state index in [4.69, 9.17) is 11.6 Å². The van der Waals surface area contributed by atoms with Gasteiger partial charge < -0.3 is 4.57 Å². The molecule has 0 saturated heterocycles. The first-order chi connectivity index (χ1) is 7.86. The Morgan fingerprint density at radius 2 is 2.06 bits per heavy atom. The zero-order chi connectivity index (χ0) is 12.8. The summed E-state index contributed by atoms with van der Waals surface area (Å²) in [7, 11) is 0. The van der Waals surface area contributed by atoms with E-state index in [1.165, 1.54) is 4.57 Å². The van der Waals surface area contributed by atoms with Crippen molar-refractivity contribution in [3.05, 3.63) is 16.7 Å². The van der Waals surface area contributed by atoms with Crippen molar-refractivity contribution in [2.24, 2.45) is 0 Å². The molecular weight excluding hydrogens is 255 g/mol. The van der Waals surface area contributed by atoms with E-state index < -0.39 is 11.7 Å². The van der Waals surface area contributed by atoms with E-state index in [-0.39, 0.29) is 23.3 Å². The van der Waals surface area contributed by atoms with Crippen molar-refractivity contribution >= 4 is 17.2 Å². The number of rotatable bonds is 1. The van der Waals surface area contributed by atoms with Crippen LogP contribution in [0.4, 0.5) is 13.2 Å². The van der Waals surface area contributed by atoms with Crippen LogP contribution in [0.15, 0.2) is 5.03 Å². The number of aryl methyl sites for hydroxylation is 1. The summed E-state index contributed by atoms with van der Waals surface area (Å²) in [5.74, 6) is 0.386. The third-order valence-electron chi connectivity index (χ3n) is 2.78. The summed E-state index contributed by atoms with van der Waals surface area (Å²) in [5, 5.41) is 7.22. The second-order valence-corrected chi connectivity index (χ2v) is 4.45. The van der Waals surface area contributed by atoms with Crippen molar-refractivity contribution in [2.75, 3.05) is 0 Å². The first-order valence-electron chi connectivity index (χ1n) is 5.26. The molecule has 0 spiro atoms. The third-order valence-corrected chi connectivity index (χ3v) is 3.12. The van der Waals surface area contributed by atoms with E-state index in [1.807, 2.05) is 13.8 Å². The topological polar surface area (TPSA) is 30.7 Å². The number of allylic oxidation sites excluding steroid dienone is 2. The van der Waals surface area contributed by atoms with E-state index in [0.29, 0.717) is 12.2 Å². The SMILES string of the molecule is CCc1nnc2n1C(C)CC(Cl)=C2C(F)(F)F.